The summed E-state index contributed by atoms with van der Waals surface area (Å²) in [5.74, 6) is -0.162. The van der Waals surface area contributed by atoms with Gasteiger partial charge in [0.25, 0.3) is 0 Å². The zero-order chi connectivity index (χ0) is 9.14. The Labute approximate surface area is 74.5 Å². The molecule has 1 rings (SSSR count). The van der Waals surface area contributed by atoms with Crippen LogP contribution in [0.2, 0.25) is 5.02 Å². The first-order valence-corrected chi connectivity index (χ1v) is 3.70. The van der Waals surface area contributed by atoms with Crippen molar-refractivity contribution in [2.75, 3.05) is 7.11 Å². The fourth-order valence-electron chi connectivity index (χ4n) is 0.913. The zero-order valence-electron chi connectivity index (χ0n) is 6.47. The Morgan fingerprint density at radius 3 is 2.75 bits per heavy atom. The summed E-state index contributed by atoms with van der Waals surface area (Å²) in [7, 11) is 1.43. The molecule has 1 N–H and O–H groups in total. The van der Waals surface area contributed by atoms with Gasteiger partial charge < -0.3 is 9.84 Å². The first-order chi connectivity index (χ1) is 5.70. The standard InChI is InChI=1S/C8H8ClFO2/c1-12-7-3-2-6(10)8(9)5(7)4-11/h2-3,11H,4H2,1H3. The molecule has 0 spiro atoms. The highest BCUT2D eigenvalue weighted by Crippen LogP contribution is 2.28. The summed E-state index contributed by atoms with van der Waals surface area (Å²) in [4.78, 5) is 0. The van der Waals surface area contributed by atoms with Crippen LogP contribution >= 0.6 is 11.6 Å². The zero-order valence-corrected chi connectivity index (χ0v) is 7.23. The van der Waals surface area contributed by atoms with Crippen LogP contribution in [0.5, 0.6) is 5.75 Å². The highest BCUT2D eigenvalue weighted by molar-refractivity contribution is 6.31. The molecule has 0 aliphatic rings. The van der Waals surface area contributed by atoms with Gasteiger partial charge in [-0.15, -0.1) is 0 Å². The van der Waals surface area contributed by atoms with Crippen LogP contribution in [0.15, 0.2) is 12.1 Å². The maximum absolute atomic E-state index is 12.8. The number of aliphatic hydroxyl groups is 1. The van der Waals surface area contributed by atoms with E-state index in [-0.39, 0.29) is 17.2 Å². The van der Waals surface area contributed by atoms with Gasteiger partial charge in [-0.25, -0.2) is 4.39 Å². The molecular weight excluding hydrogens is 183 g/mol. The van der Waals surface area contributed by atoms with Crippen molar-refractivity contribution < 1.29 is 14.2 Å². The molecule has 0 amide bonds. The summed E-state index contributed by atoms with van der Waals surface area (Å²) in [6.07, 6.45) is 0. The fraction of sp³-hybridized carbons (Fsp3) is 0.250. The molecule has 0 aliphatic carbocycles. The number of aliphatic hydroxyl groups excluding tert-OH is 1. The minimum atomic E-state index is -0.554. The minimum Gasteiger partial charge on any atom is -0.496 e. The molecule has 0 saturated carbocycles. The van der Waals surface area contributed by atoms with Crippen molar-refractivity contribution in [3.63, 3.8) is 0 Å². The van der Waals surface area contributed by atoms with Gasteiger partial charge in [-0.2, -0.15) is 0 Å². The Morgan fingerprint density at radius 1 is 1.58 bits per heavy atom. The van der Waals surface area contributed by atoms with Crippen LogP contribution in [-0.2, 0) is 6.61 Å². The lowest BCUT2D eigenvalue weighted by atomic mass is 10.2. The average Bonchev–Trinajstić information content (AvgIpc) is 2.09. The second kappa shape index (κ2) is 3.74. The molecule has 0 radical (unpaired) electrons. The summed E-state index contributed by atoms with van der Waals surface area (Å²) in [5.41, 5.74) is 0.277. The number of ether oxygens (including phenoxy) is 1. The summed E-state index contributed by atoms with van der Waals surface area (Å²) >= 11 is 5.56. The van der Waals surface area contributed by atoms with Crippen LogP contribution in [0.4, 0.5) is 4.39 Å². The van der Waals surface area contributed by atoms with Crippen molar-refractivity contribution >= 4 is 11.6 Å². The molecule has 0 atom stereocenters. The van der Waals surface area contributed by atoms with Gasteiger partial charge in [-0.3, -0.25) is 0 Å². The number of halogens is 2. The first-order valence-electron chi connectivity index (χ1n) is 3.32. The Hall–Kier alpha value is -0.800. The maximum Gasteiger partial charge on any atom is 0.142 e. The average molecular weight is 191 g/mol. The Morgan fingerprint density at radius 2 is 2.25 bits per heavy atom. The van der Waals surface area contributed by atoms with E-state index in [9.17, 15) is 4.39 Å². The molecule has 0 saturated heterocycles. The Bertz CT molecular complexity index is 289. The highest BCUT2D eigenvalue weighted by atomic mass is 35.5. The van der Waals surface area contributed by atoms with Crippen molar-refractivity contribution in [2.24, 2.45) is 0 Å². The number of methoxy groups -OCH3 is 1. The summed E-state index contributed by atoms with van der Waals surface area (Å²) in [6, 6.07) is 2.62. The van der Waals surface area contributed by atoms with Gasteiger partial charge >= 0.3 is 0 Å². The van der Waals surface area contributed by atoms with Gasteiger partial charge in [0, 0.05) is 5.56 Å². The summed E-state index contributed by atoms with van der Waals surface area (Å²) in [5, 5.41) is 8.74. The second-order valence-corrected chi connectivity index (χ2v) is 2.58. The van der Waals surface area contributed by atoms with Gasteiger partial charge in [0.05, 0.1) is 18.7 Å². The van der Waals surface area contributed by atoms with E-state index in [1.54, 1.807) is 0 Å². The molecule has 0 aliphatic heterocycles. The van der Waals surface area contributed by atoms with Gasteiger partial charge in [0.15, 0.2) is 0 Å². The van der Waals surface area contributed by atoms with Crippen LogP contribution in [0.1, 0.15) is 5.56 Å². The SMILES string of the molecule is COc1ccc(F)c(Cl)c1CO. The van der Waals surface area contributed by atoms with Crippen LogP contribution in [-0.4, -0.2) is 12.2 Å². The van der Waals surface area contributed by atoms with E-state index < -0.39 is 5.82 Å². The fourth-order valence-corrected chi connectivity index (χ4v) is 1.13. The third kappa shape index (κ3) is 1.52. The van der Waals surface area contributed by atoms with E-state index in [1.165, 1.54) is 19.2 Å². The smallest absolute Gasteiger partial charge is 0.142 e. The second-order valence-electron chi connectivity index (χ2n) is 2.20. The molecule has 66 valence electrons. The molecule has 2 nitrogen and oxygen atoms in total. The molecule has 0 unspecified atom stereocenters. The van der Waals surface area contributed by atoms with Crippen molar-refractivity contribution in [3.05, 3.63) is 28.5 Å². The van der Waals surface area contributed by atoms with Gasteiger partial charge in [-0.1, -0.05) is 11.6 Å². The number of hydrogen-bond acceptors (Lipinski definition) is 2. The summed E-state index contributed by atoms with van der Waals surface area (Å²) < 4.78 is 17.6. The van der Waals surface area contributed by atoms with E-state index in [2.05, 4.69) is 0 Å². The highest BCUT2D eigenvalue weighted by Gasteiger charge is 2.10. The van der Waals surface area contributed by atoms with Crippen molar-refractivity contribution in [1.82, 2.24) is 0 Å². The van der Waals surface area contributed by atoms with Gasteiger partial charge in [0.2, 0.25) is 0 Å². The monoisotopic (exact) mass is 190 g/mol. The van der Waals surface area contributed by atoms with Crippen LogP contribution in [0.25, 0.3) is 0 Å². The minimum absolute atomic E-state index is 0.0862. The Balaban J connectivity index is 3.25. The normalized spacial score (nSPS) is 10.0. The van der Waals surface area contributed by atoms with Gasteiger partial charge in [0.1, 0.15) is 11.6 Å². The number of hydrogen-bond donors (Lipinski definition) is 1. The molecule has 12 heavy (non-hydrogen) atoms. The topological polar surface area (TPSA) is 29.5 Å². The van der Waals surface area contributed by atoms with Crippen molar-refractivity contribution in [2.45, 2.75) is 6.61 Å². The van der Waals surface area contributed by atoms with Crippen molar-refractivity contribution in [1.29, 1.82) is 0 Å². The van der Waals surface area contributed by atoms with Gasteiger partial charge in [-0.05, 0) is 12.1 Å². The van der Waals surface area contributed by atoms with Crippen molar-refractivity contribution in [3.8, 4) is 5.75 Å². The Kier molecular flexibility index (Phi) is 2.89. The predicted octanol–water partition coefficient (Wildman–Crippen LogP) is 1.98. The number of benzene rings is 1. The van der Waals surface area contributed by atoms with E-state index in [0.717, 1.165) is 0 Å². The third-order valence-electron chi connectivity index (χ3n) is 1.53. The quantitative estimate of drug-likeness (QED) is 0.773. The molecule has 0 fully saturated rings. The molecule has 0 heterocycles. The van der Waals surface area contributed by atoms with E-state index in [0.29, 0.717) is 5.75 Å². The number of rotatable bonds is 2. The maximum atomic E-state index is 12.8. The predicted molar refractivity (Wildman–Crippen MR) is 43.9 cm³/mol. The third-order valence-corrected chi connectivity index (χ3v) is 1.94. The lowest BCUT2D eigenvalue weighted by Crippen LogP contribution is -1.94. The first kappa shape index (κ1) is 9.29. The lowest BCUT2D eigenvalue weighted by molar-refractivity contribution is 0.273. The lowest BCUT2D eigenvalue weighted by Gasteiger charge is -2.07. The van der Waals surface area contributed by atoms with E-state index >= 15 is 0 Å². The van der Waals surface area contributed by atoms with E-state index in [1.807, 2.05) is 0 Å². The van der Waals surface area contributed by atoms with E-state index in [4.69, 9.17) is 21.4 Å². The molecule has 1 aromatic rings. The molecular formula is C8H8ClFO2. The molecule has 4 heteroatoms. The van der Waals surface area contributed by atoms with Crippen LogP contribution < -0.4 is 4.74 Å². The summed E-state index contributed by atoms with van der Waals surface area (Å²) in [6.45, 7) is -0.334. The molecule has 0 aromatic heterocycles. The largest absolute Gasteiger partial charge is 0.496 e. The van der Waals surface area contributed by atoms with Crippen LogP contribution in [0, 0.1) is 5.82 Å². The van der Waals surface area contributed by atoms with Crippen LogP contribution in [0.3, 0.4) is 0 Å². The molecule has 1 aromatic carbocycles. The molecule has 0 bridgehead atoms.